The number of fused-ring (bicyclic) bond motifs is 1. The zero-order valence-electron chi connectivity index (χ0n) is 9.88. The molecule has 0 spiro atoms. The van der Waals surface area contributed by atoms with Gasteiger partial charge in [0.25, 0.3) is 0 Å². The van der Waals surface area contributed by atoms with Crippen molar-refractivity contribution in [3.05, 3.63) is 59.6 Å². The molecule has 0 saturated heterocycles. The summed E-state index contributed by atoms with van der Waals surface area (Å²) in [6.07, 6.45) is 4.93. The van der Waals surface area contributed by atoms with Crippen molar-refractivity contribution < 1.29 is 4.42 Å². The molecule has 3 rings (SSSR count). The predicted octanol–water partition coefficient (Wildman–Crippen LogP) is 3.93. The Hall–Kier alpha value is -2.33. The summed E-state index contributed by atoms with van der Waals surface area (Å²) in [6.45, 7) is 0. The second kappa shape index (κ2) is 5.12. The van der Waals surface area contributed by atoms with E-state index in [2.05, 4.69) is 15.5 Å². The molecule has 0 radical (unpaired) electrons. The highest BCUT2D eigenvalue weighted by Crippen LogP contribution is 2.24. The van der Waals surface area contributed by atoms with Crippen LogP contribution < -0.4 is 5.43 Å². The highest BCUT2D eigenvalue weighted by Gasteiger charge is 2.01. The van der Waals surface area contributed by atoms with Crippen molar-refractivity contribution in [2.24, 2.45) is 5.10 Å². The van der Waals surface area contributed by atoms with Crippen molar-refractivity contribution in [1.29, 1.82) is 0 Å². The first-order chi connectivity index (χ1) is 9.33. The monoisotopic (exact) mass is 271 g/mol. The first-order valence-corrected chi connectivity index (χ1v) is 6.07. The van der Waals surface area contributed by atoms with Crippen LogP contribution in [0.2, 0.25) is 5.02 Å². The molecule has 19 heavy (non-hydrogen) atoms. The van der Waals surface area contributed by atoms with Crippen molar-refractivity contribution in [3.63, 3.8) is 0 Å². The van der Waals surface area contributed by atoms with Gasteiger partial charge in [-0.15, -0.1) is 0 Å². The number of hydrogen-bond donors (Lipinski definition) is 1. The maximum absolute atomic E-state index is 5.94. The van der Waals surface area contributed by atoms with Gasteiger partial charge in [-0.25, -0.2) is 0 Å². The lowest BCUT2D eigenvalue weighted by molar-refractivity contribution is 0.560. The van der Waals surface area contributed by atoms with E-state index in [4.69, 9.17) is 16.0 Å². The van der Waals surface area contributed by atoms with Crippen LogP contribution in [0.5, 0.6) is 0 Å². The zero-order chi connectivity index (χ0) is 13.1. The van der Waals surface area contributed by atoms with Gasteiger partial charge in [0.1, 0.15) is 5.76 Å². The maximum Gasteiger partial charge on any atom is 0.146 e. The first-order valence-electron chi connectivity index (χ1n) is 5.70. The van der Waals surface area contributed by atoms with E-state index in [1.165, 1.54) is 0 Å². The van der Waals surface area contributed by atoms with Crippen LogP contribution in [0, 0.1) is 0 Å². The van der Waals surface area contributed by atoms with Gasteiger partial charge in [0, 0.05) is 16.6 Å². The van der Waals surface area contributed by atoms with Crippen molar-refractivity contribution in [3.8, 4) is 0 Å². The third-order valence-corrected chi connectivity index (χ3v) is 2.86. The molecular formula is C14H10ClN3O. The molecular weight excluding hydrogens is 262 g/mol. The van der Waals surface area contributed by atoms with Gasteiger partial charge in [0.2, 0.25) is 0 Å². The SMILES string of the molecule is Clc1ccc2c(N/N=C\c3ccco3)ccnc2c1. The minimum absolute atomic E-state index is 0.663. The molecule has 5 heteroatoms. The van der Waals surface area contributed by atoms with E-state index in [1.807, 2.05) is 36.4 Å². The minimum atomic E-state index is 0.663. The van der Waals surface area contributed by atoms with E-state index in [1.54, 1.807) is 18.7 Å². The Morgan fingerprint density at radius 1 is 1.26 bits per heavy atom. The van der Waals surface area contributed by atoms with Crippen molar-refractivity contribution in [1.82, 2.24) is 4.98 Å². The number of aromatic nitrogens is 1. The van der Waals surface area contributed by atoms with Gasteiger partial charge < -0.3 is 4.42 Å². The summed E-state index contributed by atoms with van der Waals surface area (Å²) in [5.41, 5.74) is 4.66. The third kappa shape index (κ3) is 2.58. The van der Waals surface area contributed by atoms with Crippen LogP contribution in [0.25, 0.3) is 10.9 Å². The fourth-order valence-corrected chi connectivity index (χ4v) is 1.92. The van der Waals surface area contributed by atoms with Crippen molar-refractivity contribution >= 4 is 34.4 Å². The summed E-state index contributed by atoms with van der Waals surface area (Å²) in [7, 11) is 0. The van der Waals surface area contributed by atoms with Gasteiger partial charge in [0.15, 0.2) is 0 Å². The lowest BCUT2D eigenvalue weighted by Gasteiger charge is -2.04. The Kier molecular flexibility index (Phi) is 3.16. The average molecular weight is 272 g/mol. The lowest BCUT2D eigenvalue weighted by atomic mass is 10.2. The summed E-state index contributed by atoms with van der Waals surface area (Å²) in [5, 5.41) is 5.75. The molecule has 0 unspecified atom stereocenters. The number of nitrogens with zero attached hydrogens (tertiary/aromatic N) is 2. The Morgan fingerprint density at radius 2 is 2.21 bits per heavy atom. The van der Waals surface area contributed by atoms with E-state index >= 15 is 0 Å². The largest absolute Gasteiger partial charge is 0.463 e. The molecule has 0 aliphatic rings. The van der Waals surface area contributed by atoms with Crippen LogP contribution in [0.4, 0.5) is 5.69 Å². The van der Waals surface area contributed by atoms with E-state index in [0.717, 1.165) is 16.6 Å². The fourth-order valence-electron chi connectivity index (χ4n) is 1.75. The number of hydrogen-bond acceptors (Lipinski definition) is 4. The smallest absolute Gasteiger partial charge is 0.146 e. The number of hydrazone groups is 1. The first kappa shape index (κ1) is 11.7. The summed E-state index contributed by atoms with van der Waals surface area (Å²) in [5.74, 6) is 0.689. The predicted molar refractivity (Wildman–Crippen MR) is 76.7 cm³/mol. The van der Waals surface area contributed by atoms with E-state index < -0.39 is 0 Å². The van der Waals surface area contributed by atoms with Crippen LogP contribution in [0.15, 0.2) is 58.4 Å². The van der Waals surface area contributed by atoms with Gasteiger partial charge in [-0.1, -0.05) is 11.6 Å². The molecule has 0 atom stereocenters. The van der Waals surface area contributed by atoms with Gasteiger partial charge in [-0.2, -0.15) is 5.10 Å². The molecule has 3 aromatic rings. The second-order valence-electron chi connectivity index (χ2n) is 3.91. The zero-order valence-corrected chi connectivity index (χ0v) is 10.6. The number of halogens is 1. The molecule has 94 valence electrons. The van der Waals surface area contributed by atoms with Gasteiger partial charge in [0.05, 0.1) is 23.7 Å². The van der Waals surface area contributed by atoms with Crippen molar-refractivity contribution in [2.45, 2.75) is 0 Å². The minimum Gasteiger partial charge on any atom is -0.463 e. The molecule has 1 aromatic carbocycles. The topological polar surface area (TPSA) is 50.4 Å². The van der Waals surface area contributed by atoms with Gasteiger partial charge in [-0.3, -0.25) is 10.4 Å². The van der Waals surface area contributed by atoms with E-state index in [9.17, 15) is 0 Å². The molecule has 1 N–H and O–H groups in total. The lowest BCUT2D eigenvalue weighted by Crippen LogP contribution is -1.92. The normalized spacial score (nSPS) is 11.2. The van der Waals surface area contributed by atoms with Gasteiger partial charge >= 0.3 is 0 Å². The van der Waals surface area contributed by atoms with Crippen LogP contribution in [0.3, 0.4) is 0 Å². The number of nitrogens with one attached hydrogen (secondary N) is 1. The summed E-state index contributed by atoms with van der Waals surface area (Å²) < 4.78 is 5.16. The van der Waals surface area contributed by atoms with Crippen LogP contribution in [0.1, 0.15) is 5.76 Å². The highest BCUT2D eigenvalue weighted by atomic mass is 35.5. The number of pyridine rings is 1. The summed E-state index contributed by atoms with van der Waals surface area (Å²) >= 11 is 5.94. The highest BCUT2D eigenvalue weighted by molar-refractivity contribution is 6.31. The molecule has 0 fully saturated rings. The molecule has 0 aliphatic heterocycles. The quantitative estimate of drug-likeness (QED) is 0.580. The number of anilines is 1. The second-order valence-corrected chi connectivity index (χ2v) is 4.34. The third-order valence-electron chi connectivity index (χ3n) is 2.62. The molecule has 2 heterocycles. The van der Waals surface area contributed by atoms with Crippen LogP contribution in [-0.4, -0.2) is 11.2 Å². The Morgan fingerprint density at radius 3 is 3.05 bits per heavy atom. The van der Waals surface area contributed by atoms with E-state index in [0.29, 0.717) is 10.8 Å². The Labute approximate surface area is 114 Å². The Balaban J connectivity index is 1.89. The molecule has 0 bridgehead atoms. The average Bonchev–Trinajstić information content (AvgIpc) is 2.92. The standard InChI is InChI=1S/C14H10ClN3O/c15-10-3-4-12-13(5-6-16-14(12)8-10)18-17-9-11-2-1-7-19-11/h1-9H,(H,16,18)/b17-9-. The molecule has 0 amide bonds. The molecule has 0 aliphatic carbocycles. The maximum atomic E-state index is 5.94. The fraction of sp³-hybridized carbons (Fsp3) is 0. The molecule has 4 nitrogen and oxygen atoms in total. The number of furan rings is 1. The van der Waals surface area contributed by atoms with Gasteiger partial charge in [-0.05, 0) is 36.4 Å². The summed E-state index contributed by atoms with van der Waals surface area (Å²) in [6, 6.07) is 11.1. The molecule has 2 aromatic heterocycles. The Bertz CT molecular complexity index is 723. The number of benzene rings is 1. The van der Waals surface area contributed by atoms with E-state index in [-0.39, 0.29) is 0 Å². The number of rotatable bonds is 3. The molecule has 0 saturated carbocycles. The van der Waals surface area contributed by atoms with Crippen LogP contribution >= 0.6 is 11.6 Å². The summed E-state index contributed by atoms with van der Waals surface area (Å²) in [4.78, 5) is 4.27. The van der Waals surface area contributed by atoms with Crippen molar-refractivity contribution in [2.75, 3.05) is 5.43 Å². The van der Waals surface area contributed by atoms with Crippen LogP contribution in [-0.2, 0) is 0 Å².